The molecule has 2 aromatic rings. The van der Waals surface area contributed by atoms with Crippen LogP contribution < -0.4 is 4.74 Å². The van der Waals surface area contributed by atoms with Crippen LogP contribution in [-0.2, 0) is 10.2 Å². The minimum atomic E-state index is -0.356. The zero-order valence-electron chi connectivity index (χ0n) is 17.6. The van der Waals surface area contributed by atoms with E-state index in [0.717, 1.165) is 29.4 Å². The van der Waals surface area contributed by atoms with Crippen LogP contribution in [0, 0.1) is 12.8 Å². The van der Waals surface area contributed by atoms with Crippen LogP contribution in [0.5, 0.6) is 11.5 Å². The molecule has 0 aliphatic heterocycles. The quantitative estimate of drug-likeness (QED) is 0.362. The van der Waals surface area contributed by atoms with Gasteiger partial charge in [-0.3, -0.25) is 4.79 Å². The summed E-state index contributed by atoms with van der Waals surface area (Å²) in [4.78, 5) is 11.7. The van der Waals surface area contributed by atoms with Gasteiger partial charge in [0.05, 0.1) is 0 Å². The second-order valence-electron chi connectivity index (χ2n) is 8.55. The van der Waals surface area contributed by atoms with Crippen molar-refractivity contribution >= 4 is 16.7 Å². The van der Waals surface area contributed by atoms with Crippen LogP contribution in [-0.4, -0.2) is 11.1 Å². The SMILES string of the molecule is CC(=O)Oc1c(C)c(C(C)(C)C/C=C(\C)CC(C)C)c(O)c2ccccc12. The van der Waals surface area contributed by atoms with Crippen LogP contribution in [0.4, 0.5) is 0 Å². The summed E-state index contributed by atoms with van der Waals surface area (Å²) in [6.45, 7) is 14.2. The third kappa shape index (κ3) is 4.71. The fraction of sp³-hybridized carbons (Fsp3) is 0.458. The predicted octanol–water partition coefficient (Wildman–Crippen LogP) is 6.44. The average Bonchev–Trinajstić information content (AvgIpc) is 2.56. The van der Waals surface area contributed by atoms with Gasteiger partial charge < -0.3 is 9.84 Å². The fourth-order valence-electron chi connectivity index (χ4n) is 3.88. The molecule has 1 N–H and O–H groups in total. The smallest absolute Gasteiger partial charge is 0.308 e. The van der Waals surface area contributed by atoms with Gasteiger partial charge in [-0.1, -0.05) is 63.6 Å². The Kier molecular flexibility index (Phi) is 6.35. The van der Waals surface area contributed by atoms with Gasteiger partial charge in [0.25, 0.3) is 0 Å². The molecule has 0 saturated heterocycles. The third-order valence-electron chi connectivity index (χ3n) is 4.99. The molecule has 0 fully saturated rings. The van der Waals surface area contributed by atoms with Crippen LogP contribution in [0.15, 0.2) is 35.9 Å². The number of benzene rings is 2. The monoisotopic (exact) mass is 368 g/mol. The first kappa shape index (κ1) is 21.0. The number of allylic oxidation sites excluding steroid dienone is 2. The third-order valence-corrected chi connectivity index (χ3v) is 4.99. The molecule has 0 amide bonds. The molecule has 2 aromatic carbocycles. The van der Waals surface area contributed by atoms with E-state index in [2.05, 4.69) is 40.7 Å². The molecular formula is C24H32O3. The van der Waals surface area contributed by atoms with E-state index in [4.69, 9.17) is 4.74 Å². The van der Waals surface area contributed by atoms with Crippen molar-refractivity contribution in [2.45, 2.75) is 66.7 Å². The highest BCUT2D eigenvalue weighted by molar-refractivity contribution is 5.97. The van der Waals surface area contributed by atoms with Crippen molar-refractivity contribution in [3.05, 3.63) is 47.0 Å². The van der Waals surface area contributed by atoms with E-state index in [1.165, 1.54) is 12.5 Å². The molecule has 2 rings (SSSR count). The van der Waals surface area contributed by atoms with Crippen LogP contribution >= 0.6 is 0 Å². The molecule has 0 bridgehead atoms. The van der Waals surface area contributed by atoms with Gasteiger partial charge in [0.15, 0.2) is 0 Å². The number of phenolic OH excluding ortho intramolecular Hbond substituents is 1. The maximum Gasteiger partial charge on any atom is 0.308 e. The van der Waals surface area contributed by atoms with Crippen molar-refractivity contribution in [1.29, 1.82) is 0 Å². The molecule has 0 atom stereocenters. The Balaban J connectivity index is 2.61. The lowest BCUT2D eigenvalue weighted by Crippen LogP contribution is -2.19. The largest absolute Gasteiger partial charge is 0.507 e. The molecule has 146 valence electrons. The first-order chi connectivity index (χ1) is 12.5. The Morgan fingerprint density at radius 2 is 1.78 bits per heavy atom. The molecule has 0 radical (unpaired) electrons. The van der Waals surface area contributed by atoms with Crippen molar-refractivity contribution in [3.63, 3.8) is 0 Å². The molecule has 0 saturated carbocycles. The van der Waals surface area contributed by atoms with Gasteiger partial charge >= 0.3 is 5.97 Å². The molecule has 0 aromatic heterocycles. The summed E-state index contributed by atoms with van der Waals surface area (Å²) in [5.41, 5.74) is 2.72. The summed E-state index contributed by atoms with van der Waals surface area (Å²) in [6.07, 6.45) is 4.13. The Hall–Kier alpha value is -2.29. The van der Waals surface area contributed by atoms with E-state index >= 15 is 0 Å². The van der Waals surface area contributed by atoms with E-state index in [1.807, 2.05) is 31.2 Å². The second kappa shape index (κ2) is 8.16. The van der Waals surface area contributed by atoms with E-state index < -0.39 is 0 Å². The number of rotatable bonds is 6. The molecule has 0 unspecified atom stereocenters. The van der Waals surface area contributed by atoms with Crippen LogP contribution in [0.3, 0.4) is 0 Å². The van der Waals surface area contributed by atoms with Gasteiger partial charge in [0, 0.05) is 23.3 Å². The van der Waals surface area contributed by atoms with E-state index in [1.54, 1.807) is 0 Å². The normalized spacial score (nSPS) is 12.7. The minimum absolute atomic E-state index is 0.277. The highest BCUT2D eigenvalue weighted by Crippen LogP contribution is 2.46. The molecule has 27 heavy (non-hydrogen) atoms. The molecule has 0 aliphatic rings. The molecular weight excluding hydrogens is 336 g/mol. The lowest BCUT2D eigenvalue weighted by atomic mass is 9.76. The first-order valence-electron chi connectivity index (χ1n) is 9.63. The summed E-state index contributed by atoms with van der Waals surface area (Å²) >= 11 is 0. The number of carbonyl (C=O) groups is 1. The average molecular weight is 369 g/mol. The highest BCUT2D eigenvalue weighted by Gasteiger charge is 2.29. The van der Waals surface area contributed by atoms with Crippen LogP contribution in [0.2, 0.25) is 0 Å². The van der Waals surface area contributed by atoms with E-state index in [9.17, 15) is 9.90 Å². The van der Waals surface area contributed by atoms with E-state index in [-0.39, 0.29) is 17.1 Å². The highest BCUT2D eigenvalue weighted by atomic mass is 16.5. The summed E-state index contributed by atoms with van der Waals surface area (Å²) in [5.74, 6) is 1.09. The Labute approximate surface area is 163 Å². The van der Waals surface area contributed by atoms with Crippen molar-refractivity contribution < 1.29 is 14.6 Å². The van der Waals surface area contributed by atoms with Crippen molar-refractivity contribution in [2.75, 3.05) is 0 Å². The number of ether oxygens (including phenoxy) is 1. The zero-order valence-corrected chi connectivity index (χ0v) is 17.6. The number of fused-ring (bicyclic) bond motifs is 1. The number of carbonyl (C=O) groups excluding carboxylic acids is 1. The molecule has 3 nitrogen and oxygen atoms in total. The number of hydrogen-bond acceptors (Lipinski definition) is 3. The van der Waals surface area contributed by atoms with Gasteiger partial charge in [-0.15, -0.1) is 0 Å². The second-order valence-corrected chi connectivity index (χ2v) is 8.55. The minimum Gasteiger partial charge on any atom is -0.507 e. The number of phenols is 1. The van der Waals surface area contributed by atoms with E-state index in [0.29, 0.717) is 17.1 Å². The van der Waals surface area contributed by atoms with Gasteiger partial charge in [-0.05, 0) is 43.6 Å². The van der Waals surface area contributed by atoms with Gasteiger partial charge in [0.1, 0.15) is 11.5 Å². The van der Waals surface area contributed by atoms with Gasteiger partial charge in [-0.25, -0.2) is 0 Å². The fourth-order valence-corrected chi connectivity index (χ4v) is 3.88. The number of esters is 1. The summed E-state index contributed by atoms with van der Waals surface area (Å²) in [7, 11) is 0. The predicted molar refractivity (Wildman–Crippen MR) is 113 cm³/mol. The Bertz CT molecular complexity index is 873. The Morgan fingerprint density at radius 3 is 2.33 bits per heavy atom. The van der Waals surface area contributed by atoms with Gasteiger partial charge in [0.2, 0.25) is 0 Å². The molecule has 0 aliphatic carbocycles. The van der Waals surface area contributed by atoms with Crippen LogP contribution in [0.1, 0.15) is 65.5 Å². The lowest BCUT2D eigenvalue weighted by molar-refractivity contribution is -0.131. The number of aromatic hydroxyl groups is 1. The van der Waals surface area contributed by atoms with Crippen molar-refractivity contribution in [1.82, 2.24) is 0 Å². The molecule has 3 heteroatoms. The zero-order chi connectivity index (χ0) is 20.4. The standard InChI is InChI=1S/C24H32O3/c1-15(2)14-16(3)12-13-24(6,7)21-17(4)23(27-18(5)25)20-11-9-8-10-19(20)22(21)26/h8-12,15,26H,13-14H2,1-7H3/b16-12+. The maximum absolute atomic E-state index is 11.7. The molecule has 0 heterocycles. The Morgan fingerprint density at radius 1 is 1.19 bits per heavy atom. The lowest BCUT2D eigenvalue weighted by Gasteiger charge is -2.29. The maximum atomic E-state index is 11.7. The van der Waals surface area contributed by atoms with Gasteiger partial charge in [-0.2, -0.15) is 0 Å². The van der Waals surface area contributed by atoms with Crippen molar-refractivity contribution in [3.8, 4) is 11.5 Å². The van der Waals surface area contributed by atoms with Crippen molar-refractivity contribution in [2.24, 2.45) is 5.92 Å². The topological polar surface area (TPSA) is 46.5 Å². The van der Waals surface area contributed by atoms with Crippen LogP contribution in [0.25, 0.3) is 10.8 Å². The molecule has 0 spiro atoms. The summed E-state index contributed by atoms with van der Waals surface area (Å²) in [6, 6.07) is 7.52. The first-order valence-corrected chi connectivity index (χ1v) is 9.63. The summed E-state index contributed by atoms with van der Waals surface area (Å²) < 4.78 is 5.56. The number of hydrogen-bond donors (Lipinski definition) is 1. The summed E-state index contributed by atoms with van der Waals surface area (Å²) in [5, 5.41) is 12.5.